The van der Waals surface area contributed by atoms with Crippen molar-refractivity contribution in [3.05, 3.63) is 28.8 Å². The van der Waals surface area contributed by atoms with Crippen LogP contribution in [0, 0.1) is 5.82 Å². The summed E-state index contributed by atoms with van der Waals surface area (Å²) in [4.78, 5) is 15.5. The highest BCUT2D eigenvalue weighted by atomic mass is 35.5. The van der Waals surface area contributed by atoms with Gasteiger partial charge in [-0.15, -0.1) is 0 Å². The maximum Gasteiger partial charge on any atom is 0.254 e. The molecule has 3 nitrogen and oxygen atoms in total. The van der Waals surface area contributed by atoms with Gasteiger partial charge in [0.15, 0.2) is 0 Å². The van der Waals surface area contributed by atoms with E-state index in [1.165, 1.54) is 6.42 Å². The van der Waals surface area contributed by atoms with Gasteiger partial charge in [-0.05, 0) is 25.2 Å². The average Bonchev–Trinajstić information content (AvgIpc) is 2.31. The highest BCUT2D eigenvalue weighted by Crippen LogP contribution is 2.42. The lowest BCUT2D eigenvalue weighted by molar-refractivity contribution is 0.0943. The molecule has 0 bridgehead atoms. The molecule has 0 aromatic carbocycles. The molecule has 1 aliphatic rings. The fourth-order valence-electron chi connectivity index (χ4n) is 1.94. The summed E-state index contributed by atoms with van der Waals surface area (Å²) in [6, 6.07) is 1.11. The zero-order valence-corrected chi connectivity index (χ0v) is 11.6. The van der Waals surface area contributed by atoms with Gasteiger partial charge in [0.2, 0.25) is 0 Å². The van der Waals surface area contributed by atoms with Crippen molar-refractivity contribution >= 4 is 29.3 Å². The van der Waals surface area contributed by atoms with E-state index in [9.17, 15) is 9.18 Å². The van der Waals surface area contributed by atoms with Crippen LogP contribution in [0.1, 0.15) is 29.6 Å². The van der Waals surface area contributed by atoms with E-state index in [0.717, 1.165) is 25.1 Å². The number of pyridine rings is 1. The van der Waals surface area contributed by atoms with Crippen LogP contribution in [0.15, 0.2) is 12.3 Å². The van der Waals surface area contributed by atoms with Crippen molar-refractivity contribution in [3.8, 4) is 0 Å². The SMILES string of the molecule is CSC1(CNC(=O)c2cc(F)cnc2Cl)CCC1. The maximum absolute atomic E-state index is 13.0. The summed E-state index contributed by atoms with van der Waals surface area (Å²) >= 11 is 7.55. The summed E-state index contributed by atoms with van der Waals surface area (Å²) in [7, 11) is 0. The summed E-state index contributed by atoms with van der Waals surface area (Å²) in [5.74, 6) is -0.930. The number of thioether (sulfide) groups is 1. The summed E-state index contributed by atoms with van der Waals surface area (Å²) < 4.78 is 13.2. The van der Waals surface area contributed by atoms with Crippen LogP contribution in [0.25, 0.3) is 0 Å². The second-order valence-corrected chi connectivity index (χ2v) is 6.05. The topological polar surface area (TPSA) is 42.0 Å². The smallest absolute Gasteiger partial charge is 0.254 e. The fraction of sp³-hybridized carbons (Fsp3) is 0.500. The number of halogens is 2. The molecule has 1 aromatic heterocycles. The number of amides is 1. The van der Waals surface area contributed by atoms with E-state index in [4.69, 9.17) is 11.6 Å². The Kier molecular flexibility index (Phi) is 4.12. The van der Waals surface area contributed by atoms with E-state index >= 15 is 0 Å². The third kappa shape index (κ3) is 2.78. The molecular weight excluding hydrogens is 275 g/mol. The Morgan fingerprint density at radius 2 is 2.39 bits per heavy atom. The third-order valence-electron chi connectivity index (χ3n) is 3.32. The maximum atomic E-state index is 13.0. The molecule has 1 fully saturated rings. The number of aromatic nitrogens is 1. The lowest BCUT2D eigenvalue weighted by Gasteiger charge is -2.40. The minimum Gasteiger partial charge on any atom is -0.351 e. The van der Waals surface area contributed by atoms with Gasteiger partial charge in [0.1, 0.15) is 11.0 Å². The van der Waals surface area contributed by atoms with Crippen LogP contribution in [0.3, 0.4) is 0 Å². The third-order valence-corrected chi connectivity index (χ3v) is 5.04. The summed E-state index contributed by atoms with van der Waals surface area (Å²) in [5.41, 5.74) is 0.0900. The van der Waals surface area contributed by atoms with Crippen molar-refractivity contribution in [1.82, 2.24) is 10.3 Å². The van der Waals surface area contributed by atoms with Crippen LogP contribution >= 0.6 is 23.4 Å². The number of hydrogen-bond donors (Lipinski definition) is 1. The first-order valence-corrected chi connectivity index (χ1v) is 7.31. The second kappa shape index (κ2) is 5.45. The van der Waals surface area contributed by atoms with Crippen molar-refractivity contribution in [1.29, 1.82) is 0 Å². The van der Waals surface area contributed by atoms with Crippen molar-refractivity contribution in [2.45, 2.75) is 24.0 Å². The van der Waals surface area contributed by atoms with Crippen molar-refractivity contribution in [2.75, 3.05) is 12.8 Å². The van der Waals surface area contributed by atoms with Crippen LogP contribution in [-0.4, -0.2) is 28.4 Å². The lowest BCUT2D eigenvalue weighted by atomic mass is 9.84. The Labute approximate surface area is 115 Å². The number of rotatable bonds is 4. The van der Waals surface area contributed by atoms with Gasteiger partial charge in [-0.2, -0.15) is 11.8 Å². The van der Waals surface area contributed by atoms with E-state index in [-0.39, 0.29) is 21.4 Å². The van der Waals surface area contributed by atoms with Crippen molar-refractivity contribution < 1.29 is 9.18 Å². The lowest BCUT2D eigenvalue weighted by Crippen LogP contribution is -2.45. The van der Waals surface area contributed by atoms with Crippen LogP contribution in [-0.2, 0) is 0 Å². The zero-order chi connectivity index (χ0) is 13.2. The number of nitrogens with zero attached hydrogens (tertiary/aromatic N) is 1. The number of hydrogen-bond acceptors (Lipinski definition) is 3. The van der Waals surface area contributed by atoms with Gasteiger partial charge in [-0.1, -0.05) is 18.0 Å². The van der Waals surface area contributed by atoms with E-state index in [2.05, 4.69) is 10.3 Å². The molecule has 98 valence electrons. The predicted octanol–water partition coefficient (Wildman–Crippen LogP) is 2.89. The Bertz CT molecular complexity index is 460. The minimum absolute atomic E-state index is 0.0284. The largest absolute Gasteiger partial charge is 0.351 e. The molecule has 1 aromatic rings. The van der Waals surface area contributed by atoms with Gasteiger partial charge < -0.3 is 5.32 Å². The molecular formula is C12H14ClFN2OS. The monoisotopic (exact) mass is 288 g/mol. The van der Waals surface area contributed by atoms with Crippen LogP contribution in [0.2, 0.25) is 5.15 Å². The Morgan fingerprint density at radius 1 is 1.67 bits per heavy atom. The molecule has 6 heteroatoms. The highest BCUT2D eigenvalue weighted by Gasteiger charge is 2.36. The average molecular weight is 289 g/mol. The van der Waals surface area contributed by atoms with Crippen LogP contribution in [0.5, 0.6) is 0 Å². The normalized spacial score (nSPS) is 17.1. The number of carbonyl (C=O) groups is 1. The molecule has 1 saturated carbocycles. The van der Waals surface area contributed by atoms with E-state index < -0.39 is 5.82 Å². The standard InChI is InChI=1S/C12H14ClFN2OS/c1-18-12(3-2-4-12)7-16-11(17)9-5-8(14)6-15-10(9)13/h5-6H,2-4,7H2,1H3,(H,16,17). The van der Waals surface area contributed by atoms with Crippen molar-refractivity contribution in [3.63, 3.8) is 0 Å². The molecule has 0 saturated heterocycles. The van der Waals surface area contributed by atoms with Gasteiger partial charge in [-0.3, -0.25) is 4.79 Å². The molecule has 0 unspecified atom stereocenters. The molecule has 1 amide bonds. The van der Waals surface area contributed by atoms with Crippen LogP contribution < -0.4 is 5.32 Å². The summed E-state index contributed by atoms with van der Waals surface area (Å²) in [5, 5.41) is 2.84. The van der Waals surface area contributed by atoms with E-state index in [1.54, 1.807) is 11.8 Å². The van der Waals surface area contributed by atoms with Gasteiger partial charge in [-0.25, -0.2) is 9.37 Å². The minimum atomic E-state index is -0.562. The number of carbonyl (C=O) groups excluding carboxylic acids is 1. The quantitative estimate of drug-likeness (QED) is 0.866. The first-order valence-electron chi connectivity index (χ1n) is 5.71. The zero-order valence-electron chi connectivity index (χ0n) is 10.0. The first-order chi connectivity index (χ1) is 8.56. The molecule has 18 heavy (non-hydrogen) atoms. The molecule has 1 heterocycles. The molecule has 0 radical (unpaired) electrons. The molecule has 1 aliphatic carbocycles. The summed E-state index contributed by atoms with van der Waals surface area (Å²) in [6.07, 6.45) is 6.43. The molecule has 1 N–H and O–H groups in total. The summed E-state index contributed by atoms with van der Waals surface area (Å²) in [6.45, 7) is 0.583. The van der Waals surface area contributed by atoms with Crippen LogP contribution in [0.4, 0.5) is 4.39 Å². The Morgan fingerprint density at radius 3 is 2.94 bits per heavy atom. The van der Waals surface area contributed by atoms with E-state index in [0.29, 0.717) is 6.54 Å². The second-order valence-electron chi connectivity index (χ2n) is 4.42. The highest BCUT2D eigenvalue weighted by molar-refractivity contribution is 8.00. The van der Waals surface area contributed by atoms with Crippen molar-refractivity contribution in [2.24, 2.45) is 0 Å². The van der Waals surface area contributed by atoms with E-state index in [1.807, 2.05) is 6.26 Å². The fourth-order valence-corrected chi connectivity index (χ4v) is 3.05. The first kappa shape index (κ1) is 13.6. The molecule has 2 rings (SSSR count). The predicted molar refractivity (Wildman–Crippen MR) is 71.6 cm³/mol. The molecule has 0 atom stereocenters. The van der Waals surface area contributed by atoms with Gasteiger partial charge >= 0.3 is 0 Å². The molecule has 0 spiro atoms. The van der Waals surface area contributed by atoms with Gasteiger partial charge in [0, 0.05) is 11.3 Å². The number of nitrogens with one attached hydrogen (secondary N) is 1. The van der Waals surface area contributed by atoms with Gasteiger partial charge in [0.25, 0.3) is 5.91 Å². The Balaban J connectivity index is 2.01. The Hall–Kier alpha value is -0.810. The molecule has 0 aliphatic heterocycles. The van der Waals surface area contributed by atoms with Gasteiger partial charge in [0.05, 0.1) is 11.8 Å².